The van der Waals surface area contributed by atoms with E-state index in [-0.39, 0.29) is 17.1 Å². The number of rotatable bonds is 5. The van der Waals surface area contributed by atoms with Crippen LogP contribution >= 0.6 is 11.6 Å². The number of halogens is 1. The first kappa shape index (κ1) is 16.4. The molecule has 2 aliphatic rings. The lowest BCUT2D eigenvalue weighted by Gasteiger charge is -2.43. The number of aromatic hydroxyl groups is 1. The molecule has 1 atom stereocenters. The van der Waals surface area contributed by atoms with Crippen LogP contribution in [0.5, 0.6) is 5.75 Å². The van der Waals surface area contributed by atoms with E-state index in [2.05, 4.69) is 6.58 Å². The Hall–Kier alpha value is -1.48. The van der Waals surface area contributed by atoms with Gasteiger partial charge in [0.25, 0.3) is 0 Å². The Morgan fingerprint density at radius 3 is 2.91 bits per heavy atom. The lowest BCUT2D eigenvalue weighted by Crippen LogP contribution is -2.49. The van der Waals surface area contributed by atoms with E-state index in [1.54, 1.807) is 6.07 Å². The molecule has 0 radical (unpaired) electrons. The number of amides is 1. The number of hydrogen-bond acceptors (Lipinski definition) is 2. The molecule has 3 rings (SSSR count). The first-order chi connectivity index (χ1) is 11.1. The van der Waals surface area contributed by atoms with Crippen LogP contribution in [0.2, 0.25) is 5.02 Å². The number of carbonyl (C=O) groups is 1. The molecule has 0 spiro atoms. The molecule has 0 aromatic heterocycles. The molecule has 1 N–H and O–H groups in total. The third-order valence-electron chi connectivity index (χ3n) is 5.20. The van der Waals surface area contributed by atoms with Crippen LogP contribution in [0.4, 0.5) is 0 Å². The Morgan fingerprint density at radius 1 is 1.48 bits per heavy atom. The van der Waals surface area contributed by atoms with Gasteiger partial charge in [0.2, 0.25) is 5.91 Å². The lowest BCUT2D eigenvalue weighted by atomic mass is 9.71. The number of allylic oxidation sites excluding steroid dienone is 1. The van der Waals surface area contributed by atoms with E-state index in [1.165, 1.54) is 0 Å². The summed E-state index contributed by atoms with van der Waals surface area (Å²) in [6.07, 6.45) is 7.92. The first-order valence-electron chi connectivity index (χ1n) is 8.44. The molecule has 124 valence electrons. The quantitative estimate of drug-likeness (QED) is 0.817. The number of piperidine rings is 1. The molecule has 4 heteroatoms. The second-order valence-corrected chi connectivity index (χ2v) is 7.32. The van der Waals surface area contributed by atoms with Gasteiger partial charge in [-0.1, -0.05) is 23.7 Å². The number of carbonyl (C=O) groups excluding carboxylic acids is 1. The SMILES string of the molecule is C=CCCC1(c2ccc(O)c(Cl)c2)CCCN(C(=O)C2CC2)C1. The Labute approximate surface area is 142 Å². The van der Waals surface area contributed by atoms with Crippen molar-refractivity contribution in [3.8, 4) is 5.75 Å². The van der Waals surface area contributed by atoms with Crippen LogP contribution in [0.3, 0.4) is 0 Å². The third kappa shape index (κ3) is 3.40. The topological polar surface area (TPSA) is 40.5 Å². The van der Waals surface area contributed by atoms with Crippen LogP contribution in [0.25, 0.3) is 0 Å². The highest BCUT2D eigenvalue weighted by molar-refractivity contribution is 6.32. The van der Waals surface area contributed by atoms with Gasteiger partial charge in [0.15, 0.2) is 0 Å². The Bertz CT molecular complexity index is 611. The number of likely N-dealkylation sites (tertiary alicyclic amines) is 1. The maximum atomic E-state index is 12.5. The van der Waals surface area contributed by atoms with E-state index in [0.29, 0.717) is 10.9 Å². The summed E-state index contributed by atoms with van der Waals surface area (Å²) in [6.45, 7) is 5.45. The molecule has 1 amide bonds. The minimum Gasteiger partial charge on any atom is -0.506 e. The van der Waals surface area contributed by atoms with Crippen molar-refractivity contribution in [1.82, 2.24) is 4.90 Å². The molecular formula is C19H24ClNO2. The fourth-order valence-corrected chi connectivity index (χ4v) is 3.89. The van der Waals surface area contributed by atoms with Crippen LogP contribution in [0.1, 0.15) is 44.1 Å². The summed E-state index contributed by atoms with van der Waals surface area (Å²) < 4.78 is 0. The lowest BCUT2D eigenvalue weighted by molar-refractivity contribution is -0.134. The summed E-state index contributed by atoms with van der Waals surface area (Å²) in [5, 5.41) is 10.1. The Morgan fingerprint density at radius 2 is 2.26 bits per heavy atom. The summed E-state index contributed by atoms with van der Waals surface area (Å²) in [5.41, 5.74) is 1.03. The smallest absolute Gasteiger partial charge is 0.225 e. The standard InChI is InChI=1S/C19H24ClNO2/c1-2-3-9-19(15-7-8-17(22)16(20)12-15)10-4-11-21(13-19)18(23)14-5-6-14/h2,7-8,12,14,22H,1,3-6,9-11,13H2. The molecule has 1 unspecified atom stereocenters. The van der Waals surface area contributed by atoms with Crippen LogP contribution in [0.15, 0.2) is 30.9 Å². The van der Waals surface area contributed by atoms with Crippen molar-refractivity contribution in [3.63, 3.8) is 0 Å². The van der Waals surface area contributed by atoms with Crippen molar-refractivity contribution in [1.29, 1.82) is 0 Å². The summed E-state index contributed by atoms with van der Waals surface area (Å²) in [6, 6.07) is 5.48. The van der Waals surface area contributed by atoms with E-state index in [0.717, 1.165) is 57.2 Å². The Balaban J connectivity index is 1.89. The summed E-state index contributed by atoms with van der Waals surface area (Å²) in [4.78, 5) is 14.6. The minimum absolute atomic E-state index is 0.0890. The molecule has 1 heterocycles. The van der Waals surface area contributed by atoms with Crippen molar-refractivity contribution in [3.05, 3.63) is 41.4 Å². The summed E-state index contributed by atoms with van der Waals surface area (Å²) in [7, 11) is 0. The van der Waals surface area contributed by atoms with Gasteiger partial charge in [-0.05, 0) is 56.2 Å². The van der Waals surface area contributed by atoms with Gasteiger partial charge >= 0.3 is 0 Å². The molecule has 1 aliphatic carbocycles. The molecule has 1 saturated heterocycles. The first-order valence-corrected chi connectivity index (χ1v) is 8.82. The van der Waals surface area contributed by atoms with Crippen molar-refractivity contribution in [2.45, 2.75) is 43.9 Å². The van der Waals surface area contributed by atoms with Gasteiger partial charge in [0.1, 0.15) is 5.75 Å². The second kappa shape index (κ2) is 6.56. The van der Waals surface area contributed by atoms with Gasteiger partial charge in [-0.25, -0.2) is 0 Å². The maximum absolute atomic E-state index is 12.5. The number of phenols is 1. The molecule has 1 aromatic carbocycles. The number of benzene rings is 1. The van der Waals surface area contributed by atoms with Gasteiger partial charge in [-0.3, -0.25) is 4.79 Å². The minimum atomic E-state index is -0.0890. The molecule has 1 aromatic rings. The molecular weight excluding hydrogens is 310 g/mol. The monoisotopic (exact) mass is 333 g/mol. The van der Waals surface area contributed by atoms with Crippen LogP contribution in [-0.4, -0.2) is 29.0 Å². The van der Waals surface area contributed by atoms with Crippen LogP contribution in [-0.2, 0) is 10.2 Å². The summed E-state index contributed by atoms with van der Waals surface area (Å²) in [5.74, 6) is 0.683. The zero-order valence-electron chi connectivity index (χ0n) is 13.4. The van der Waals surface area contributed by atoms with Gasteiger partial charge in [0.05, 0.1) is 5.02 Å². The third-order valence-corrected chi connectivity index (χ3v) is 5.50. The number of hydrogen-bond donors (Lipinski definition) is 1. The van der Waals surface area contributed by atoms with E-state index in [4.69, 9.17) is 11.6 Å². The highest BCUT2D eigenvalue weighted by Gasteiger charge is 2.41. The van der Waals surface area contributed by atoms with Crippen molar-refractivity contribution >= 4 is 17.5 Å². The van der Waals surface area contributed by atoms with Gasteiger partial charge < -0.3 is 10.0 Å². The predicted molar refractivity (Wildman–Crippen MR) is 92.8 cm³/mol. The van der Waals surface area contributed by atoms with Gasteiger partial charge in [0, 0.05) is 24.4 Å². The second-order valence-electron chi connectivity index (χ2n) is 6.91. The average Bonchev–Trinajstić information content (AvgIpc) is 3.40. The van der Waals surface area contributed by atoms with Crippen molar-refractivity contribution in [2.75, 3.05) is 13.1 Å². The van der Waals surface area contributed by atoms with Gasteiger partial charge in [-0.15, -0.1) is 6.58 Å². The van der Waals surface area contributed by atoms with Crippen molar-refractivity contribution < 1.29 is 9.90 Å². The molecule has 1 aliphatic heterocycles. The fraction of sp³-hybridized carbons (Fsp3) is 0.526. The van der Waals surface area contributed by atoms with Crippen LogP contribution < -0.4 is 0 Å². The molecule has 23 heavy (non-hydrogen) atoms. The summed E-state index contributed by atoms with van der Waals surface area (Å²) >= 11 is 6.14. The largest absolute Gasteiger partial charge is 0.506 e. The zero-order chi connectivity index (χ0) is 16.4. The predicted octanol–water partition coefficient (Wildman–Crippen LogP) is 4.28. The zero-order valence-corrected chi connectivity index (χ0v) is 14.2. The van der Waals surface area contributed by atoms with Crippen molar-refractivity contribution in [2.24, 2.45) is 5.92 Å². The van der Waals surface area contributed by atoms with Gasteiger partial charge in [-0.2, -0.15) is 0 Å². The van der Waals surface area contributed by atoms with E-state index in [9.17, 15) is 9.90 Å². The molecule has 2 fully saturated rings. The molecule has 0 bridgehead atoms. The average molecular weight is 334 g/mol. The highest BCUT2D eigenvalue weighted by atomic mass is 35.5. The molecule has 1 saturated carbocycles. The maximum Gasteiger partial charge on any atom is 0.225 e. The fourth-order valence-electron chi connectivity index (χ4n) is 3.71. The Kier molecular flexibility index (Phi) is 4.67. The number of nitrogens with zero attached hydrogens (tertiary/aromatic N) is 1. The highest BCUT2D eigenvalue weighted by Crippen LogP contribution is 2.42. The van der Waals surface area contributed by atoms with E-state index in [1.807, 2.05) is 23.1 Å². The number of phenolic OH excluding ortho intramolecular Hbond substituents is 1. The van der Waals surface area contributed by atoms with Crippen LogP contribution in [0, 0.1) is 5.92 Å². The normalized spacial score (nSPS) is 24.5. The molecule has 3 nitrogen and oxygen atoms in total. The van der Waals surface area contributed by atoms with E-state index >= 15 is 0 Å². The van der Waals surface area contributed by atoms with E-state index < -0.39 is 0 Å².